The summed E-state index contributed by atoms with van der Waals surface area (Å²) in [6, 6.07) is 22.5. The molecule has 6 rings (SSSR count). The van der Waals surface area contributed by atoms with Crippen molar-refractivity contribution in [3.8, 4) is 11.6 Å². The van der Waals surface area contributed by atoms with E-state index in [2.05, 4.69) is 32.3 Å². The number of nitrogens with zero attached hydrogens (tertiary/aromatic N) is 3. The zero-order valence-electron chi connectivity index (χ0n) is 19.2. The minimum atomic E-state index is -0.281. The van der Waals surface area contributed by atoms with E-state index in [9.17, 15) is 4.39 Å². The van der Waals surface area contributed by atoms with Crippen LogP contribution in [0.4, 0.5) is 16.0 Å². The maximum absolute atomic E-state index is 13.4. The Hall–Kier alpha value is -4.17. The second kappa shape index (κ2) is 8.88. The maximum Gasteiger partial charge on any atom is 0.219 e. The standard InChI is InChI=1S/C27H24FN5O2/c1-33-25-13-20(30-21-15-34-16-21)6-10-24(25)32-27(33)29-14-17-2-7-22(8-3-17)35-26-11-4-18-12-19(28)5-9-23(18)31-26/h2-13,21,30H,14-16H2,1H3,(H,29,32). The highest BCUT2D eigenvalue weighted by atomic mass is 19.1. The summed E-state index contributed by atoms with van der Waals surface area (Å²) in [6.07, 6.45) is 0. The average molecular weight is 470 g/mol. The van der Waals surface area contributed by atoms with Crippen LogP contribution in [0.2, 0.25) is 0 Å². The molecule has 35 heavy (non-hydrogen) atoms. The highest BCUT2D eigenvalue weighted by molar-refractivity contribution is 5.82. The number of pyridine rings is 1. The van der Waals surface area contributed by atoms with Crippen LogP contribution in [-0.2, 0) is 18.3 Å². The first kappa shape index (κ1) is 21.4. The predicted octanol–water partition coefficient (Wildman–Crippen LogP) is 5.48. The molecule has 3 heterocycles. The maximum atomic E-state index is 13.4. The van der Waals surface area contributed by atoms with Crippen LogP contribution >= 0.6 is 0 Å². The molecule has 0 spiro atoms. The van der Waals surface area contributed by atoms with Gasteiger partial charge in [0.1, 0.15) is 11.6 Å². The van der Waals surface area contributed by atoms with Crippen LogP contribution in [-0.4, -0.2) is 33.8 Å². The van der Waals surface area contributed by atoms with Crippen molar-refractivity contribution >= 4 is 33.6 Å². The molecule has 0 bridgehead atoms. The van der Waals surface area contributed by atoms with E-state index in [4.69, 9.17) is 14.5 Å². The number of benzene rings is 3. The lowest BCUT2D eigenvalue weighted by Gasteiger charge is -2.27. The van der Waals surface area contributed by atoms with E-state index >= 15 is 0 Å². The minimum Gasteiger partial charge on any atom is -0.439 e. The Balaban J connectivity index is 1.11. The lowest BCUT2D eigenvalue weighted by atomic mass is 10.2. The number of rotatable bonds is 7. The van der Waals surface area contributed by atoms with Crippen LogP contribution in [0, 0.1) is 5.82 Å². The number of aryl methyl sites for hydroxylation is 1. The summed E-state index contributed by atoms with van der Waals surface area (Å²) in [6.45, 7) is 2.13. The van der Waals surface area contributed by atoms with Crippen LogP contribution in [0.1, 0.15) is 5.56 Å². The van der Waals surface area contributed by atoms with Gasteiger partial charge in [-0.25, -0.2) is 14.4 Å². The molecule has 0 radical (unpaired) electrons. The summed E-state index contributed by atoms with van der Waals surface area (Å²) in [7, 11) is 2.01. The molecule has 8 heteroatoms. The fourth-order valence-electron chi connectivity index (χ4n) is 4.10. The number of aromatic nitrogens is 3. The molecular weight excluding hydrogens is 445 g/mol. The first-order chi connectivity index (χ1) is 17.1. The van der Waals surface area contributed by atoms with Gasteiger partial charge in [-0.3, -0.25) is 0 Å². The molecule has 2 aromatic heterocycles. The predicted molar refractivity (Wildman–Crippen MR) is 134 cm³/mol. The van der Waals surface area contributed by atoms with Crippen molar-refractivity contribution in [3.63, 3.8) is 0 Å². The largest absolute Gasteiger partial charge is 0.439 e. The highest BCUT2D eigenvalue weighted by Gasteiger charge is 2.18. The highest BCUT2D eigenvalue weighted by Crippen LogP contribution is 2.25. The van der Waals surface area contributed by atoms with Crippen molar-refractivity contribution in [2.24, 2.45) is 7.05 Å². The molecule has 0 amide bonds. The first-order valence-corrected chi connectivity index (χ1v) is 11.5. The molecule has 1 fully saturated rings. The molecule has 1 saturated heterocycles. The molecule has 7 nitrogen and oxygen atoms in total. The first-order valence-electron chi connectivity index (χ1n) is 11.5. The average Bonchev–Trinajstić information content (AvgIpc) is 3.16. The number of nitrogens with one attached hydrogen (secondary N) is 2. The van der Waals surface area contributed by atoms with Gasteiger partial charge in [-0.05, 0) is 60.2 Å². The molecule has 176 valence electrons. The fraction of sp³-hybridized carbons (Fsp3) is 0.185. The molecule has 0 aliphatic carbocycles. The second-order valence-electron chi connectivity index (χ2n) is 8.66. The van der Waals surface area contributed by atoms with Crippen molar-refractivity contribution < 1.29 is 13.9 Å². The van der Waals surface area contributed by atoms with Crippen molar-refractivity contribution in [2.45, 2.75) is 12.6 Å². The van der Waals surface area contributed by atoms with E-state index in [1.54, 1.807) is 18.2 Å². The lowest BCUT2D eigenvalue weighted by Crippen LogP contribution is -2.40. The van der Waals surface area contributed by atoms with Gasteiger partial charge in [0, 0.05) is 30.7 Å². The SMILES string of the molecule is Cn1c(NCc2ccc(Oc3ccc4cc(F)ccc4n3)cc2)nc2ccc(NC3COC3)cc21. The van der Waals surface area contributed by atoms with Gasteiger partial charge in [0.15, 0.2) is 0 Å². The van der Waals surface area contributed by atoms with E-state index in [1.807, 2.05) is 37.4 Å². The zero-order valence-corrected chi connectivity index (χ0v) is 19.2. The van der Waals surface area contributed by atoms with E-state index in [1.165, 1.54) is 12.1 Å². The van der Waals surface area contributed by atoms with Gasteiger partial charge in [-0.1, -0.05) is 12.1 Å². The van der Waals surface area contributed by atoms with Crippen molar-refractivity contribution in [1.29, 1.82) is 0 Å². The molecular formula is C27H24FN5O2. The quantitative estimate of drug-likeness (QED) is 0.329. The number of hydrogen-bond donors (Lipinski definition) is 2. The Morgan fingerprint density at radius 1 is 0.971 bits per heavy atom. The molecule has 1 aliphatic rings. The fourth-order valence-corrected chi connectivity index (χ4v) is 4.10. The van der Waals surface area contributed by atoms with Crippen molar-refractivity contribution in [3.05, 3.63) is 84.2 Å². The summed E-state index contributed by atoms with van der Waals surface area (Å²) in [5, 5.41) is 7.64. The summed E-state index contributed by atoms with van der Waals surface area (Å²) in [5.41, 5.74) is 4.86. The van der Waals surface area contributed by atoms with E-state index in [0.29, 0.717) is 29.7 Å². The van der Waals surface area contributed by atoms with E-state index < -0.39 is 0 Å². The van der Waals surface area contributed by atoms with Gasteiger partial charge >= 0.3 is 0 Å². The number of halogens is 1. The normalized spacial score (nSPS) is 13.7. The Bertz CT molecular complexity index is 1510. The molecule has 0 atom stereocenters. The van der Waals surface area contributed by atoms with Crippen LogP contribution in [0.3, 0.4) is 0 Å². The Morgan fingerprint density at radius 2 is 1.80 bits per heavy atom. The van der Waals surface area contributed by atoms with Crippen LogP contribution in [0.5, 0.6) is 11.6 Å². The second-order valence-corrected chi connectivity index (χ2v) is 8.66. The Kier molecular flexibility index (Phi) is 5.42. The van der Waals surface area contributed by atoms with E-state index in [-0.39, 0.29) is 5.82 Å². The number of ether oxygens (including phenoxy) is 2. The summed E-state index contributed by atoms with van der Waals surface area (Å²) >= 11 is 0. The molecule has 5 aromatic rings. The van der Waals surface area contributed by atoms with Gasteiger partial charge in [-0.15, -0.1) is 0 Å². The zero-order chi connectivity index (χ0) is 23.8. The van der Waals surface area contributed by atoms with E-state index in [0.717, 1.165) is 46.8 Å². The topological polar surface area (TPSA) is 73.2 Å². The summed E-state index contributed by atoms with van der Waals surface area (Å²) < 4.78 is 26.6. The number of fused-ring (bicyclic) bond motifs is 2. The van der Waals surface area contributed by atoms with Crippen LogP contribution < -0.4 is 15.4 Å². The molecule has 0 unspecified atom stereocenters. The van der Waals surface area contributed by atoms with Gasteiger partial charge in [0.05, 0.1) is 35.8 Å². The van der Waals surface area contributed by atoms with Gasteiger partial charge in [-0.2, -0.15) is 0 Å². The monoisotopic (exact) mass is 469 g/mol. The summed E-state index contributed by atoms with van der Waals surface area (Å²) in [5.74, 6) is 1.68. The van der Waals surface area contributed by atoms with Gasteiger partial charge < -0.3 is 24.7 Å². The summed E-state index contributed by atoms with van der Waals surface area (Å²) in [4.78, 5) is 9.18. The third-order valence-corrected chi connectivity index (χ3v) is 6.11. The van der Waals surface area contributed by atoms with Gasteiger partial charge in [0.25, 0.3) is 0 Å². The van der Waals surface area contributed by atoms with Crippen LogP contribution in [0.15, 0.2) is 72.8 Å². The van der Waals surface area contributed by atoms with Crippen molar-refractivity contribution in [2.75, 3.05) is 23.8 Å². The Labute approximate surface area is 201 Å². The van der Waals surface area contributed by atoms with Crippen molar-refractivity contribution in [1.82, 2.24) is 14.5 Å². The molecule has 2 N–H and O–H groups in total. The smallest absolute Gasteiger partial charge is 0.219 e. The minimum absolute atomic E-state index is 0.281. The third kappa shape index (κ3) is 4.48. The van der Waals surface area contributed by atoms with Crippen LogP contribution in [0.25, 0.3) is 21.9 Å². The lowest BCUT2D eigenvalue weighted by molar-refractivity contribution is 0.0211. The number of anilines is 2. The molecule has 0 saturated carbocycles. The Morgan fingerprint density at radius 3 is 2.60 bits per heavy atom. The van der Waals surface area contributed by atoms with Gasteiger partial charge in [0.2, 0.25) is 11.8 Å². The number of hydrogen-bond acceptors (Lipinski definition) is 6. The molecule has 1 aliphatic heterocycles. The third-order valence-electron chi connectivity index (χ3n) is 6.11. The molecule has 3 aromatic carbocycles. The number of imidazole rings is 1.